The van der Waals surface area contributed by atoms with E-state index < -0.39 is 17.8 Å². The molecule has 0 unspecified atom stereocenters. The molecule has 0 saturated heterocycles. The molecule has 7 nitrogen and oxygen atoms in total. The van der Waals surface area contributed by atoms with E-state index in [1.54, 1.807) is 18.2 Å². The molecule has 7 heteroatoms. The molecule has 1 fully saturated rings. The Kier molecular flexibility index (Phi) is 4.11. The van der Waals surface area contributed by atoms with Crippen LogP contribution in [0.25, 0.3) is 0 Å². The molecule has 0 aromatic heterocycles. The number of hydrogen-bond acceptors (Lipinski definition) is 4. The fraction of sp³-hybridized carbons (Fsp3) is 0.357. The third kappa shape index (κ3) is 3.50. The van der Waals surface area contributed by atoms with Crippen molar-refractivity contribution in [2.75, 3.05) is 17.7 Å². The number of ether oxygens (including phenoxy) is 1. The maximum absolute atomic E-state index is 12.0. The largest absolute Gasteiger partial charge is 0.495 e. The summed E-state index contributed by atoms with van der Waals surface area (Å²) < 4.78 is 5.14. The number of carbonyl (C=O) groups excluding carboxylic acids is 2. The minimum atomic E-state index is -0.964. The quantitative estimate of drug-likeness (QED) is 0.759. The molecule has 0 spiro atoms. The SMILES string of the molecule is COc1ccc(NC(C)=O)cc1NC(=O)[C@@H]1C[C@@H]1C(=O)O. The van der Waals surface area contributed by atoms with Crippen molar-refractivity contribution in [1.82, 2.24) is 0 Å². The van der Waals surface area contributed by atoms with Gasteiger partial charge in [-0.3, -0.25) is 14.4 Å². The lowest BCUT2D eigenvalue weighted by atomic mass is 10.2. The first kappa shape index (κ1) is 14.8. The summed E-state index contributed by atoms with van der Waals surface area (Å²) in [6.07, 6.45) is 0.342. The Hall–Kier alpha value is -2.57. The normalized spacial score (nSPS) is 19.5. The van der Waals surface area contributed by atoms with Gasteiger partial charge in [-0.2, -0.15) is 0 Å². The van der Waals surface area contributed by atoms with Gasteiger partial charge in [-0.15, -0.1) is 0 Å². The summed E-state index contributed by atoms with van der Waals surface area (Å²) in [6, 6.07) is 4.83. The molecule has 1 aliphatic carbocycles. The van der Waals surface area contributed by atoms with E-state index in [0.717, 1.165) is 0 Å². The maximum Gasteiger partial charge on any atom is 0.307 e. The highest BCUT2D eigenvalue weighted by Gasteiger charge is 2.48. The molecule has 112 valence electrons. The van der Waals surface area contributed by atoms with Crippen molar-refractivity contribution < 1.29 is 24.2 Å². The molecule has 1 aliphatic rings. The second-order valence-electron chi connectivity index (χ2n) is 4.87. The van der Waals surface area contributed by atoms with Crippen LogP contribution in [0.1, 0.15) is 13.3 Å². The Morgan fingerprint density at radius 2 is 1.95 bits per heavy atom. The van der Waals surface area contributed by atoms with Crippen LogP contribution in [0, 0.1) is 11.8 Å². The van der Waals surface area contributed by atoms with Gasteiger partial charge in [-0.05, 0) is 24.6 Å². The number of aliphatic carboxylic acids is 1. The topological polar surface area (TPSA) is 105 Å². The second kappa shape index (κ2) is 5.82. The van der Waals surface area contributed by atoms with Crippen LogP contribution in [0.3, 0.4) is 0 Å². The summed E-state index contributed by atoms with van der Waals surface area (Å²) in [5.74, 6) is -2.25. The number of carbonyl (C=O) groups is 3. The molecule has 2 rings (SSSR count). The van der Waals surface area contributed by atoms with Gasteiger partial charge in [0, 0.05) is 12.6 Å². The third-order valence-corrected chi connectivity index (χ3v) is 3.22. The second-order valence-corrected chi connectivity index (χ2v) is 4.87. The van der Waals surface area contributed by atoms with E-state index in [0.29, 0.717) is 23.5 Å². The van der Waals surface area contributed by atoms with Crippen molar-refractivity contribution in [1.29, 1.82) is 0 Å². The first-order chi connectivity index (χ1) is 9.92. The highest BCUT2D eigenvalue weighted by atomic mass is 16.5. The molecule has 21 heavy (non-hydrogen) atoms. The van der Waals surface area contributed by atoms with Gasteiger partial charge in [0.05, 0.1) is 24.6 Å². The summed E-state index contributed by atoms with van der Waals surface area (Å²) in [4.78, 5) is 33.8. The van der Waals surface area contributed by atoms with Gasteiger partial charge in [-0.1, -0.05) is 0 Å². The first-order valence-electron chi connectivity index (χ1n) is 6.41. The third-order valence-electron chi connectivity index (χ3n) is 3.22. The molecular formula is C14H16N2O5. The Morgan fingerprint density at radius 1 is 1.24 bits per heavy atom. The zero-order chi connectivity index (χ0) is 15.6. The van der Waals surface area contributed by atoms with Gasteiger partial charge in [0.2, 0.25) is 11.8 Å². The number of carboxylic acids is 1. The molecule has 1 aromatic rings. The molecule has 1 aromatic carbocycles. The van der Waals surface area contributed by atoms with Gasteiger partial charge in [0.1, 0.15) is 5.75 Å². The van der Waals surface area contributed by atoms with E-state index in [-0.39, 0.29) is 11.8 Å². The number of carboxylic acid groups (broad SMARTS) is 1. The lowest BCUT2D eigenvalue weighted by Crippen LogP contribution is -2.17. The van der Waals surface area contributed by atoms with E-state index in [2.05, 4.69) is 10.6 Å². The van der Waals surface area contributed by atoms with E-state index in [4.69, 9.17) is 9.84 Å². The number of hydrogen-bond donors (Lipinski definition) is 3. The van der Waals surface area contributed by atoms with E-state index in [1.165, 1.54) is 14.0 Å². The van der Waals surface area contributed by atoms with Crippen LogP contribution in [-0.2, 0) is 14.4 Å². The van der Waals surface area contributed by atoms with Crippen molar-refractivity contribution in [2.45, 2.75) is 13.3 Å². The molecule has 1 saturated carbocycles. The molecule has 0 aliphatic heterocycles. The predicted octanol–water partition coefficient (Wildman–Crippen LogP) is 1.31. The average Bonchev–Trinajstić information content (AvgIpc) is 3.18. The molecule has 0 radical (unpaired) electrons. The lowest BCUT2D eigenvalue weighted by molar-refractivity contribution is -0.139. The van der Waals surface area contributed by atoms with Crippen molar-refractivity contribution >= 4 is 29.2 Å². The Morgan fingerprint density at radius 3 is 2.48 bits per heavy atom. The van der Waals surface area contributed by atoms with Gasteiger partial charge < -0.3 is 20.5 Å². The number of anilines is 2. The minimum absolute atomic E-state index is 0.231. The van der Waals surface area contributed by atoms with Crippen LogP contribution >= 0.6 is 0 Å². The van der Waals surface area contributed by atoms with Crippen molar-refractivity contribution in [3.05, 3.63) is 18.2 Å². The molecular weight excluding hydrogens is 276 g/mol. The standard InChI is InChI=1S/C14H16N2O5/c1-7(17)15-8-3-4-12(21-2)11(5-8)16-13(18)9-6-10(9)14(19)20/h3-5,9-10H,6H2,1-2H3,(H,15,17)(H,16,18)(H,19,20)/t9-,10+/m1/s1. The average molecular weight is 292 g/mol. The monoisotopic (exact) mass is 292 g/mol. The minimum Gasteiger partial charge on any atom is -0.495 e. The van der Waals surface area contributed by atoms with Gasteiger partial charge >= 0.3 is 5.97 Å². The van der Waals surface area contributed by atoms with Crippen LogP contribution in [0.15, 0.2) is 18.2 Å². The number of rotatable bonds is 5. The number of amides is 2. The summed E-state index contributed by atoms with van der Waals surface area (Å²) in [7, 11) is 1.46. The van der Waals surface area contributed by atoms with Crippen LogP contribution in [-0.4, -0.2) is 30.0 Å². The molecule has 3 N–H and O–H groups in total. The zero-order valence-corrected chi connectivity index (χ0v) is 11.7. The van der Waals surface area contributed by atoms with Gasteiger partial charge in [0.25, 0.3) is 0 Å². The van der Waals surface area contributed by atoms with Crippen molar-refractivity contribution in [2.24, 2.45) is 11.8 Å². The maximum atomic E-state index is 12.0. The van der Waals surface area contributed by atoms with E-state index in [9.17, 15) is 14.4 Å². The summed E-state index contributed by atoms with van der Waals surface area (Å²) in [6.45, 7) is 1.38. The molecule has 2 atom stereocenters. The lowest BCUT2D eigenvalue weighted by Gasteiger charge is -2.12. The van der Waals surface area contributed by atoms with Crippen LogP contribution in [0.2, 0.25) is 0 Å². The number of methoxy groups -OCH3 is 1. The fourth-order valence-corrected chi connectivity index (χ4v) is 2.07. The van der Waals surface area contributed by atoms with Crippen LogP contribution < -0.4 is 15.4 Å². The fourth-order valence-electron chi connectivity index (χ4n) is 2.07. The Balaban J connectivity index is 2.12. The van der Waals surface area contributed by atoms with E-state index in [1.807, 2.05) is 0 Å². The van der Waals surface area contributed by atoms with E-state index >= 15 is 0 Å². The smallest absolute Gasteiger partial charge is 0.307 e. The van der Waals surface area contributed by atoms with Crippen molar-refractivity contribution in [3.63, 3.8) is 0 Å². The molecule has 2 amide bonds. The van der Waals surface area contributed by atoms with Crippen LogP contribution in [0.4, 0.5) is 11.4 Å². The van der Waals surface area contributed by atoms with Crippen molar-refractivity contribution in [3.8, 4) is 5.75 Å². The number of nitrogens with one attached hydrogen (secondary N) is 2. The summed E-state index contributed by atoms with van der Waals surface area (Å²) in [5, 5.41) is 14.1. The highest BCUT2D eigenvalue weighted by Crippen LogP contribution is 2.40. The zero-order valence-electron chi connectivity index (χ0n) is 11.7. The molecule has 0 heterocycles. The summed E-state index contributed by atoms with van der Waals surface area (Å²) >= 11 is 0. The summed E-state index contributed by atoms with van der Waals surface area (Å²) in [5.41, 5.74) is 0.911. The Labute approximate surface area is 121 Å². The first-order valence-corrected chi connectivity index (χ1v) is 6.41. The molecule has 0 bridgehead atoms. The number of benzene rings is 1. The highest BCUT2D eigenvalue weighted by molar-refractivity contribution is 6.00. The Bertz CT molecular complexity index is 599. The predicted molar refractivity (Wildman–Crippen MR) is 75.2 cm³/mol. The van der Waals surface area contributed by atoms with Gasteiger partial charge in [-0.25, -0.2) is 0 Å². The van der Waals surface area contributed by atoms with Gasteiger partial charge in [0.15, 0.2) is 0 Å². The van der Waals surface area contributed by atoms with Crippen LogP contribution in [0.5, 0.6) is 5.75 Å².